The van der Waals surface area contributed by atoms with Crippen molar-refractivity contribution in [2.24, 2.45) is 13.0 Å². The number of carboxylic acids is 1. The fraction of sp³-hybridized carbons (Fsp3) is 0.615. The number of carbonyl (C=O) groups excluding carboxylic acids is 1. The van der Waals surface area contributed by atoms with E-state index in [2.05, 4.69) is 10.3 Å². The van der Waals surface area contributed by atoms with E-state index in [9.17, 15) is 9.59 Å². The van der Waals surface area contributed by atoms with E-state index in [-0.39, 0.29) is 18.5 Å². The Kier molecular flexibility index (Phi) is 4.26. The number of aliphatic carboxylic acids is 1. The minimum atomic E-state index is -0.881. The average molecular weight is 280 g/mol. The van der Waals surface area contributed by atoms with Gasteiger partial charge >= 0.3 is 12.0 Å². The first-order valence-electron chi connectivity index (χ1n) is 6.67. The smallest absolute Gasteiger partial charge is 0.317 e. The van der Waals surface area contributed by atoms with Crippen LogP contribution < -0.4 is 5.32 Å². The van der Waals surface area contributed by atoms with E-state index >= 15 is 0 Å². The second-order valence-corrected chi connectivity index (χ2v) is 5.30. The summed E-state index contributed by atoms with van der Waals surface area (Å²) in [5, 5.41) is 11.7. The van der Waals surface area contributed by atoms with Crippen LogP contribution in [0.5, 0.6) is 0 Å². The van der Waals surface area contributed by atoms with Crippen molar-refractivity contribution in [1.29, 1.82) is 0 Å². The number of imidazole rings is 1. The van der Waals surface area contributed by atoms with Crippen molar-refractivity contribution < 1.29 is 14.7 Å². The molecule has 1 atom stereocenters. The number of urea groups is 1. The van der Waals surface area contributed by atoms with Crippen LogP contribution in [-0.4, -0.2) is 44.6 Å². The van der Waals surface area contributed by atoms with Crippen LogP contribution in [0.3, 0.4) is 0 Å². The van der Waals surface area contributed by atoms with Crippen molar-refractivity contribution in [3.05, 3.63) is 18.2 Å². The highest BCUT2D eigenvalue weighted by Crippen LogP contribution is 2.34. The van der Waals surface area contributed by atoms with Gasteiger partial charge in [-0.25, -0.2) is 9.78 Å². The minimum Gasteiger partial charge on any atom is -0.481 e. The predicted molar refractivity (Wildman–Crippen MR) is 72.0 cm³/mol. The lowest BCUT2D eigenvalue weighted by molar-refractivity contribution is -0.137. The summed E-state index contributed by atoms with van der Waals surface area (Å²) in [6.07, 6.45) is 5.45. The molecule has 7 heteroatoms. The summed E-state index contributed by atoms with van der Waals surface area (Å²) in [7, 11) is 3.54. The SMILES string of the molecule is CN(Cc1nccn1C)C(=O)NC(CC(=O)O)C1CC1. The molecule has 0 saturated heterocycles. The monoisotopic (exact) mass is 280 g/mol. The minimum absolute atomic E-state index is 0.0212. The Morgan fingerprint density at radius 1 is 1.60 bits per heavy atom. The van der Waals surface area contributed by atoms with Crippen molar-refractivity contribution in [1.82, 2.24) is 19.8 Å². The van der Waals surface area contributed by atoms with Crippen LogP contribution >= 0.6 is 0 Å². The summed E-state index contributed by atoms with van der Waals surface area (Å²) in [6.45, 7) is 0.389. The van der Waals surface area contributed by atoms with Gasteiger partial charge in [0.25, 0.3) is 0 Å². The quantitative estimate of drug-likeness (QED) is 0.807. The lowest BCUT2D eigenvalue weighted by Crippen LogP contribution is -2.44. The van der Waals surface area contributed by atoms with Gasteiger partial charge in [0.05, 0.1) is 13.0 Å². The van der Waals surface area contributed by atoms with E-state index in [0.717, 1.165) is 18.7 Å². The number of rotatable bonds is 6. The number of nitrogens with zero attached hydrogens (tertiary/aromatic N) is 3. The Bertz CT molecular complexity index is 496. The second-order valence-electron chi connectivity index (χ2n) is 5.30. The second kappa shape index (κ2) is 5.94. The first-order chi connectivity index (χ1) is 9.47. The molecule has 2 rings (SSSR count). The van der Waals surface area contributed by atoms with E-state index in [1.165, 1.54) is 4.90 Å². The molecule has 0 aliphatic heterocycles. The summed E-state index contributed by atoms with van der Waals surface area (Å²) in [5.41, 5.74) is 0. The van der Waals surface area contributed by atoms with Crippen LogP contribution in [0.25, 0.3) is 0 Å². The Balaban J connectivity index is 1.89. The van der Waals surface area contributed by atoms with Gasteiger partial charge in [0, 0.05) is 32.5 Å². The highest BCUT2D eigenvalue weighted by molar-refractivity contribution is 5.75. The van der Waals surface area contributed by atoms with Gasteiger partial charge in [0.15, 0.2) is 0 Å². The number of carboxylic acid groups (broad SMARTS) is 1. The van der Waals surface area contributed by atoms with Crippen LogP contribution in [0.1, 0.15) is 25.1 Å². The fourth-order valence-corrected chi connectivity index (χ4v) is 2.12. The zero-order valence-corrected chi connectivity index (χ0v) is 11.7. The summed E-state index contributed by atoms with van der Waals surface area (Å²) in [4.78, 5) is 28.6. The molecule has 0 spiro atoms. The predicted octanol–water partition coefficient (Wildman–Crippen LogP) is 0.815. The third-order valence-corrected chi connectivity index (χ3v) is 3.54. The summed E-state index contributed by atoms with van der Waals surface area (Å²) in [6, 6.07) is -0.532. The molecule has 1 aliphatic carbocycles. The standard InChI is InChI=1S/C13H20N4O3/c1-16-6-5-14-11(16)8-17(2)13(20)15-10(7-12(18)19)9-3-4-9/h5-6,9-10H,3-4,7-8H2,1-2H3,(H,15,20)(H,18,19). The van der Waals surface area contributed by atoms with Gasteiger partial charge in [0.1, 0.15) is 5.82 Å². The zero-order valence-electron chi connectivity index (χ0n) is 11.7. The molecule has 2 amide bonds. The van der Waals surface area contributed by atoms with Crippen molar-refractivity contribution in [3.63, 3.8) is 0 Å². The van der Waals surface area contributed by atoms with E-state index in [1.54, 1.807) is 13.2 Å². The molecule has 0 bridgehead atoms. The third kappa shape index (κ3) is 3.72. The number of hydrogen-bond donors (Lipinski definition) is 2. The molecule has 1 fully saturated rings. The first-order valence-corrected chi connectivity index (χ1v) is 6.67. The van der Waals surface area contributed by atoms with Crippen molar-refractivity contribution in [2.75, 3.05) is 7.05 Å². The van der Waals surface area contributed by atoms with Crippen molar-refractivity contribution in [2.45, 2.75) is 31.8 Å². The number of aromatic nitrogens is 2. The maximum absolute atomic E-state index is 12.1. The van der Waals surface area contributed by atoms with Crippen molar-refractivity contribution in [3.8, 4) is 0 Å². The number of amides is 2. The molecule has 0 aromatic carbocycles. The van der Waals surface area contributed by atoms with Gasteiger partial charge < -0.3 is 19.9 Å². The highest BCUT2D eigenvalue weighted by Gasteiger charge is 2.34. The molecule has 1 saturated carbocycles. The zero-order chi connectivity index (χ0) is 14.7. The Morgan fingerprint density at radius 3 is 2.80 bits per heavy atom. The largest absolute Gasteiger partial charge is 0.481 e. The molecular formula is C13H20N4O3. The van der Waals surface area contributed by atoms with Gasteiger partial charge in [-0.1, -0.05) is 0 Å². The molecule has 20 heavy (non-hydrogen) atoms. The number of hydrogen-bond acceptors (Lipinski definition) is 3. The van der Waals surface area contributed by atoms with Crippen molar-refractivity contribution >= 4 is 12.0 Å². The molecular weight excluding hydrogens is 260 g/mol. The average Bonchev–Trinajstić information content (AvgIpc) is 3.14. The summed E-state index contributed by atoms with van der Waals surface area (Å²) < 4.78 is 1.85. The molecule has 0 radical (unpaired) electrons. The molecule has 110 valence electrons. The number of nitrogens with one attached hydrogen (secondary N) is 1. The van der Waals surface area contributed by atoms with Crippen LogP contribution in [0.2, 0.25) is 0 Å². The normalized spacial score (nSPS) is 15.7. The van der Waals surface area contributed by atoms with Gasteiger partial charge in [-0.15, -0.1) is 0 Å². The Morgan fingerprint density at radius 2 is 2.30 bits per heavy atom. The summed E-state index contributed by atoms with van der Waals surface area (Å²) >= 11 is 0. The lowest BCUT2D eigenvalue weighted by Gasteiger charge is -2.22. The first kappa shape index (κ1) is 14.4. The molecule has 7 nitrogen and oxygen atoms in total. The van der Waals surface area contributed by atoms with Crippen LogP contribution in [0.4, 0.5) is 4.79 Å². The van der Waals surface area contributed by atoms with Gasteiger partial charge in [0.2, 0.25) is 0 Å². The molecule has 1 aromatic rings. The lowest BCUT2D eigenvalue weighted by atomic mass is 10.1. The highest BCUT2D eigenvalue weighted by atomic mass is 16.4. The van der Waals surface area contributed by atoms with Crippen LogP contribution in [-0.2, 0) is 18.4 Å². The van der Waals surface area contributed by atoms with E-state index < -0.39 is 5.97 Å². The molecule has 1 aliphatic rings. The van der Waals surface area contributed by atoms with Crippen LogP contribution in [0.15, 0.2) is 12.4 Å². The molecule has 1 heterocycles. The fourth-order valence-electron chi connectivity index (χ4n) is 2.12. The molecule has 1 aromatic heterocycles. The van der Waals surface area contributed by atoms with Gasteiger partial charge in [-0.2, -0.15) is 0 Å². The van der Waals surface area contributed by atoms with Gasteiger partial charge in [-0.05, 0) is 18.8 Å². The Labute approximate surface area is 117 Å². The van der Waals surface area contributed by atoms with Gasteiger partial charge in [-0.3, -0.25) is 4.79 Å². The molecule has 1 unspecified atom stereocenters. The van der Waals surface area contributed by atoms with E-state index in [1.807, 2.05) is 17.8 Å². The summed E-state index contributed by atoms with van der Waals surface area (Å²) in [5.74, 6) is 0.203. The third-order valence-electron chi connectivity index (χ3n) is 3.54. The van der Waals surface area contributed by atoms with Crippen LogP contribution in [0, 0.1) is 5.92 Å². The number of carbonyl (C=O) groups is 2. The topological polar surface area (TPSA) is 87.5 Å². The maximum atomic E-state index is 12.1. The van der Waals surface area contributed by atoms with E-state index in [0.29, 0.717) is 12.5 Å². The van der Waals surface area contributed by atoms with E-state index in [4.69, 9.17) is 5.11 Å². The Hall–Kier alpha value is -2.05. The molecule has 2 N–H and O–H groups in total. The maximum Gasteiger partial charge on any atom is 0.317 e. The number of aryl methyl sites for hydroxylation is 1.